The summed E-state index contributed by atoms with van der Waals surface area (Å²) in [7, 11) is 0. The van der Waals surface area contributed by atoms with Crippen molar-refractivity contribution in [2.45, 2.75) is 18.6 Å². The Kier molecular flexibility index (Phi) is 2.61. The predicted octanol–water partition coefficient (Wildman–Crippen LogP) is 0.728. The molecule has 68 valence electrons. The number of alkyl halides is 3. The van der Waals surface area contributed by atoms with Crippen LogP contribution in [0.3, 0.4) is 0 Å². The van der Waals surface area contributed by atoms with E-state index in [1.54, 1.807) is 0 Å². The molecule has 0 aromatic heterocycles. The van der Waals surface area contributed by atoms with Crippen LogP contribution in [-0.2, 0) is 9.59 Å². The first kappa shape index (κ1) is 10.6. The molecule has 0 fully saturated rings. The zero-order valence-electron chi connectivity index (χ0n) is 5.84. The molecule has 0 heterocycles. The molecule has 0 aliphatic carbocycles. The number of nitrogens with zero attached hydrogens (tertiary/aromatic N) is 1. The lowest BCUT2D eigenvalue weighted by Gasteiger charge is -2.20. The third-order valence-corrected chi connectivity index (χ3v) is 1.24. The number of carbonyl (C=O) groups excluding carboxylic acids is 1. The quantitative estimate of drug-likeness (QED) is 0.506. The topological polar surface area (TPSA) is 66.7 Å². The van der Waals surface area contributed by atoms with Gasteiger partial charge in [0.25, 0.3) is 5.54 Å². The molecule has 0 aromatic rings. The summed E-state index contributed by atoms with van der Waals surface area (Å²) in [5, 5.41) is 8.11. The molecule has 12 heavy (non-hydrogen) atoms. The first-order valence-corrected chi connectivity index (χ1v) is 2.65. The fourth-order valence-electron chi connectivity index (χ4n) is 0.324. The normalized spacial score (nSPS) is 16.0. The van der Waals surface area contributed by atoms with Gasteiger partial charge in [-0.15, -0.1) is 0 Å². The van der Waals surface area contributed by atoms with E-state index in [0.717, 1.165) is 0 Å². The lowest BCUT2D eigenvalue weighted by Crippen LogP contribution is -2.47. The summed E-state index contributed by atoms with van der Waals surface area (Å²) in [6.45, 7) is 0.278. The van der Waals surface area contributed by atoms with Crippen molar-refractivity contribution < 1.29 is 27.9 Å². The third kappa shape index (κ3) is 1.62. The minimum Gasteiger partial charge on any atom is -0.479 e. The van der Waals surface area contributed by atoms with Gasteiger partial charge in [0, 0.05) is 0 Å². The van der Waals surface area contributed by atoms with Crippen LogP contribution in [0.1, 0.15) is 6.92 Å². The molecular weight excluding hydrogens is 179 g/mol. The highest BCUT2D eigenvalue weighted by atomic mass is 19.4. The number of hydrogen-bond donors (Lipinski definition) is 1. The standard InChI is InChI=1S/C5H4F3NO3/c1-4(3(11)12,9-2-10)5(6,7)8/h1H3,(H,11,12). The highest BCUT2D eigenvalue weighted by molar-refractivity contribution is 5.80. The zero-order chi connectivity index (χ0) is 9.99. The van der Waals surface area contributed by atoms with E-state index in [1.165, 1.54) is 0 Å². The number of aliphatic carboxylic acids is 1. The van der Waals surface area contributed by atoms with Crippen molar-refractivity contribution in [2.24, 2.45) is 4.99 Å². The Morgan fingerprint density at radius 3 is 2.00 bits per heavy atom. The minimum atomic E-state index is -5.10. The first-order valence-electron chi connectivity index (χ1n) is 2.65. The predicted molar refractivity (Wildman–Crippen MR) is 30.2 cm³/mol. The van der Waals surface area contributed by atoms with Gasteiger partial charge in [-0.1, -0.05) is 0 Å². The molecule has 0 radical (unpaired) electrons. The van der Waals surface area contributed by atoms with Crippen molar-refractivity contribution in [1.82, 2.24) is 0 Å². The molecule has 0 rings (SSSR count). The van der Waals surface area contributed by atoms with Crippen molar-refractivity contribution in [3.05, 3.63) is 0 Å². The molecule has 7 heteroatoms. The molecule has 0 bridgehead atoms. The van der Waals surface area contributed by atoms with Gasteiger partial charge in [0.1, 0.15) is 0 Å². The van der Waals surface area contributed by atoms with Gasteiger partial charge in [0.05, 0.1) is 0 Å². The van der Waals surface area contributed by atoms with Gasteiger partial charge >= 0.3 is 12.1 Å². The molecule has 1 N–H and O–H groups in total. The van der Waals surface area contributed by atoms with E-state index in [0.29, 0.717) is 6.08 Å². The number of rotatable bonds is 2. The second-order valence-corrected chi connectivity index (χ2v) is 2.08. The highest BCUT2D eigenvalue weighted by Gasteiger charge is 2.58. The molecule has 0 amide bonds. The number of hydrogen-bond acceptors (Lipinski definition) is 3. The van der Waals surface area contributed by atoms with Crippen LogP contribution in [0.25, 0.3) is 0 Å². The second kappa shape index (κ2) is 2.94. The maximum absolute atomic E-state index is 11.9. The average Bonchev–Trinajstić information content (AvgIpc) is 1.85. The number of carboxylic acids is 1. The van der Waals surface area contributed by atoms with Crippen LogP contribution < -0.4 is 0 Å². The molecule has 0 spiro atoms. The van der Waals surface area contributed by atoms with E-state index >= 15 is 0 Å². The van der Waals surface area contributed by atoms with Gasteiger partial charge in [-0.05, 0) is 6.92 Å². The van der Waals surface area contributed by atoms with E-state index in [1.807, 2.05) is 0 Å². The number of carbonyl (C=O) groups is 1. The van der Waals surface area contributed by atoms with Crippen LogP contribution in [0.5, 0.6) is 0 Å². The Balaban J connectivity index is 5.15. The SMILES string of the molecule is CC(N=C=O)(C(=O)O)C(F)(F)F. The summed E-state index contributed by atoms with van der Waals surface area (Å²) in [4.78, 5) is 21.8. The molecule has 0 aliphatic rings. The maximum Gasteiger partial charge on any atom is 0.425 e. The van der Waals surface area contributed by atoms with Crippen molar-refractivity contribution in [1.29, 1.82) is 0 Å². The van der Waals surface area contributed by atoms with Gasteiger partial charge in [-0.3, -0.25) is 0 Å². The summed E-state index contributed by atoms with van der Waals surface area (Å²) < 4.78 is 35.7. The third-order valence-electron chi connectivity index (χ3n) is 1.24. The summed E-state index contributed by atoms with van der Waals surface area (Å²) in [6.07, 6.45) is -4.53. The molecule has 0 aliphatic heterocycles. The monoisotopic (exact) mass is 183 g/mol. The molecule has 0 saturated carbocycles. The van der Waals surface area contributed by atoms with Crippen LogP contribution in [0.2, 0.25) is 0 Å². The second-order valence-electron chi connectivity index (χ2n) is 2.08. The molecular formula is C5H4F3NO3. The number of isocyanates is 1. The Labute approximate surface area is 64.7 Å². The van der Waals surface area contributed by atoms with E-state index in [9.17, 15) is 22.8 Å². The molecule has 0 aromatic carbocycles. The Morgan fingerprint density at radius 2 is 1.92 bits per heavy atom. The fourth-order valence-corrected chi connectivity index (χ4v) is 0.324. The molecule has 0 saturated heterocycles. The van der Waals surface area contributed by atoms with Gasteiger partial charge < -0.3 is 5.11 Å². The van der Waals surface area contributed by atoms with Crippen molar-refractivity contribution in [3.63, 3.8) is 0 Å². The van der Waals surface area contributed by atoms with Gasteiger partial charge in [-0.25, -0.2) is 9.59 Å². The number of halogens is 3. The fraction of sp³-hybridized carbons (Fsp3) is 0.600. The first-order chi connectivity index (χ1) is 5.25. The van der Waals surface area contributed by atoms with Crippen LogP contribution in [0.15, 0.2) is 4.99 Å². The summed E-state index contributed by atoms with van der Waals surface area (Å²) in [5.41, 5.74) is -3.39. The van der Waals surface area contributed by atoms with E-state index in [4.69, 9.17) is 5.11 Å². The Bertz CT molecular complexity index is 239. The minimum absolute atomic E-state index is 0.278. The highest BCUT2D eigenvalue weighted by Crippen LogP contribution is 2.33. The van der Waals surface area contributed by atoms with Crippen LogP contribution >= 0.6 is 0 Å². The van der Waals surface area contributed by atoms with Crippen molar-refractivity contribution >= 4 is 12.0 Å². The molecule has 1 atom stereocenters. The van der Waals surface area contributed by atoms with E-state index in [2.05, 4.69) is 4.99 Å². The van der Waals surface area contributed by atoms with Crippen molar-refractivity contribution in [2.75, 3.05) is 0 Å². The molecule has 1 unspecified atom stereocenters. The largest absolute Gasteiger partial charge is 0.479 e. The van der Waals surface area contributed by atoms with Crippen LogP contribution in [-0.4, -0.2) is 28.9 Å². The van der Waals surface area contributed by atoms with Gasteiger partial charge in [0.2, 0.25) is 6.08 Å². The van der Waals surface area contributed by atoms with Crippen molar-refractivity contribution in [3.8, 4) is 0 Å². The average molecular weight is 183 g/mol. The van der Waals surface area contributed by atoms with Gasteiger partial charge in [-0.2, -0.15) is 18.2 Å². The molecule has 4 nitrogen and oxygen atoms in total. The lowest BCUT2D eigenvalue weighted by atomic mass is 10.0. The Hall–Kier alpha value is -1.36. The number of aliphatic imine (C=N–C) groups is 1. The Morgan fingerprint density at radius 1 is 1.50 bits per heavy atom. The zero-order valence-corrected chi connectivity index (χ0v) is 5.84. The van der Waals surface area contributed by atoms with E-state index in [-0.39, 0.29) is 6.92 Å². The summed E-state index contributed by atoms with van der Waals surface area (Å²) in [6, 6.07) is 0. The summed E-state index contributed by atoms with van der Waals surface area (Å²) >= 11 is 0. The van der Waals surface area contributed by atoms with Crippen LogP contribution in [0, 0.1) is 0 Å². The smallest absolute Gasteiger partial charge is 0.425 e. The van der Waals surface area contributed by atoms with Crippen LogP contribution in [0.4, 0.5) is 13.2 Å². The van der Waals surface area contributed by atoms with E-state index < -0.39 is 17.7 Å². The number of carboxylic acid groups (broad SMARTS) is 1. The van der Waals surface area contributed by atoms with Gasteiger partial charge in [0.15, 0.2) is 0 Å². The summed E-state index contributed by atoms with van der Waals surface area (Å²) in [5.74, 6) is -2.24. The lowest BCUT2D eigenvalue weighted by molar-refractivity contribution is -0.197. The maximum atomic E-state index is 11.9.